The number of nitrogens with zero attached hydrogens (tertiary/aromatic N) is 2. The van der Waals surface area contributed by atoms with Gasteiger partial charge in [0.15, 0.2) is 11.6 Å². The lowest BCUT2D eigenvalue weighted by atomic mass is 10.1. The average Bonchev–Trinajstić information content (AvgIpc) is 2.97. The summed E-state index contributed by atoms with van der Waals surface area (Å²) < 4.78 is 17.6. The molecule has 0 amide bonds. The van der Waals surface area contributed by atoms with E-state index in [4.69, 9.17) is 4.84 Å². The number of halogens is 1. The van der Waals surface area contributed by atoms with E-state index in [0.29, 0.717) is 22.3 Å². The number of phenolic OH excluding ortho intramolecular Hbond substituents is 1. The molecule has 1 aromatic heterocycles. The number of nitrogens with one attached hydrogen (secondary N) is 1. The molecule has 7 heteroatoms. The predicted molar refractivity (Wildman–Crippen MR) is 76.8 cm³/mol. The van der Waals surface area contributed by atoms with Crippen molar-refractivity contribution in [2.45, 2.75) is 6.61 Å². The van der Waals surface area contributed by atoms with Gasteiger partial charge in [-0.05, 0) is 46.2 Å². The fourth-order valence-electron chi connectivity index (χ4n) is 1.88. The van der Waals surface area contributed by atoms with Crippen molar-refractivity contribution in [2.24, 2.45) is 0 Å². The van der Waals surface area contributed by atoms with Crippen LogP contribution in [0.2, 0.25) is 0 Å². The number of aromatic nitrogens is 2. The van der Waals surface area contributed by atoms with Crippen molar-refractivity contribution >= 4 is 16.7 Å². The topological polar surface area (TPSA) is 80.4 Å². The summed E-state index contributed by atoms with van der Waals surface area (Å²) in [6.45, 7) is 4.02. The Morgan fingerprint density at radius 1 is 1.23 bits per heavy atom. The first kappa shape index (κ1) is 14.0. The second kappa shape index (κ2) is 5.82. The Balaban J connectivity index is 1.59. The molecule has 6 nitrogen and oxygen atoms in total. The summed E-state index contributed by atoms with van der Waals surface area (Å²) in [6.07, 6.45) is 0. The Kier molecular flexibility index (Phi) is 3.71. The van der Waals surface area contributed by atoms with Gasteiger partial charge in [0.2, 0.25) is 0 Å². The first-order chi connectivity index (χ1) is 10.6. The molecule has 0 bridgehead atoms. The molecular formula is C15H12FN3O3. The van der Waals surface area contributed by atoms with Gasteiger partial charge < -0.3 is 5.11 Å². The van der Waals surface area contributed by atoms with Crippen LogP contribution in [0.3, 0.4) is 0 Å². The van der Waals surface area contributed by atoms with Crippen LogP contribution in [0.1, 0.15) is 11.1 Å². The number of fused-ring (bicyclic) bond motifs is 1. The van der Waals surface area contributed by atoms with Crippen molar-refractivity contribution in [3.8, 4) is 5.75 Å². The predicted octanol–water partition coefficient (Wildman–Crippen LogP) is 2.76. The molecule has 0 spiro atoms. The van der Waals surface area contributed by atoms with E-state index in [2.05, 4.69) is 27.0 Å². The minimum absolute atomic E-state index is 0.259. The molecule has 2 N–H and O–H groups in total. The second-order valence-electron chi connectivity index (χ2n) is 4.62. The van der Waals surface area contributed by atoms with E-state index < -0.39 is 11.6 Å². The summed E-state index contributed by atoms with van der Waals surface area (Å²) in [5.41, 5.74) is 5.75. The van der Waals surface area contributed by atoms with Gasteiger partial charge in [-0.15, -0.1) is 0 Å². The van der Waals surface area contributed by atoms with Crippen molar-refractivity contribution in [1.29, 1.82) is 0 Å². The minimum atomic E-state index is -0.688. The van der Waals surface area contributed by atoms with E-state index in [0.717, 1.165) is 11.6 Å². The maximum atomic E-state index is 13.0. The number of benzene rings is 2. The lowest BCUT2D eigenvalue weighted by Crippen LogP contribution is -2.12. The molecule has 0 saturated heterocycles. The molecule has 1 heterocycles. The molecule has 112 valence electrons. The van der Waals surface area contributed by atoms with Crippen LogP contribution in [0.25, 0.3) is 16.7 Å². The molecule has 2 aromatic carbocycles. The zero-order valence-electron chi connectivity index (χ0n) is 11.4. The number of hydroxylamine groups is 1. The Morgan fingerprint density at radius 2 is 2.05 bits per heavy atom. The molecule has 3 aromatic rings. The lowest BCUT2D eigenvalue weighted by Gasteiger charge is -2.10. The molecule has 22 heavy (non-hydrogen) atoms. The van der Waals surface area contributed by atoms with Crippen molar-refractivity contribution in [3.05, 3.63) is 59.9 Å². The van der Waals surface area contributed by atoms with Gasteiger partial charge in [-0.25, -0.2) is 9.02 Å². The maximum Gasteiger partial charge on any atom is 0.164 e. The van der Waals surface area contributed by atoms with Crippen molar-refractivity contribution in [2.75, 3.05) is 0 Å². The Bertz CT molecular complexity index is 832. The summed E-state index contributed by atoms with van der Waals surface area (Å²) in [7, 11) is 0. The standard InChI is InChI=1S/C15H12FN3O3/c1-9(11-3-4-12(16)15(20)7-11)17-21-8-10-2-5-13-14(6-10)19-22-18-13/h2-7,17,20H,1,8H2. The highest BCUT2D eigenvalue weighted by atomic mass is 19.1. The highest BCUT2D eigenvalue weighted by Crippen LogP contribution is 2.20. The SMILES string of the molecule is C=C(NOCc1ccc2nonc2c1)c1ccc(F)c(O)c1. The summed E-state index contributed by atoms with van der Waals surface area (Å²) >= 11 is 0. The van der Waals surface area contributed by atoms with Crippen LogP contribution >= 0.6 is 0 Å². The summed E-state index contributed by atoms with van der Waals surface area (Å²) in [4.78, 5) is 5.33. The van der Waals surface area contributed by atoms with Gasteiger partial charge in [0.05, 0.1) is 12.3 Å². The molecule has 0 aliphatic heterocycles. The molecule has 0 atom stereocenters. The van der Waals surface area contributed by atoms with Crippen LogP contribution in [0, 0.1) is 5.82 Å². The van der Waals surface area contributed by atoms with Gasteiger partial charge in [-0.1, -0.05) is 12.6 Å². The van der Waals surface area contributed by atoms with Gasteiger partial charge in [0.25, 0.3) is 0 Å². The fourth-order valence-corrected chi connectivity index (χ4v) is 1.88. The third-order valence-corrected chi connectivity index (χ3v) is 3.05. The van der Waals surface area contributed by atoms with Crippen LogP contribution in [0.5, 0.6) is 5.75 Å². The molecule has 0 unspecified atom stereocenters. The molecule has 3 rings (SSSR count). The molecule has 0 saturated carbocycles. The lowest BCUT2D eigenvalue weighted by molar-refractivity contribution is 0.0648. The first-order valence-corrected chi connectivity index (χ1v) is 6.40. The summed E-state index contributed by atoms with van der Waals surface area (Å²) in [6, 6.07) is 9.31. The quantitative estimate of drug-likeness (QED) is 0.705. The van der Waals surface area contributed by atoms with Crippen LogP contribution in [0.15, 0.2) is 47.6 Å². The van der Waals surface area contributed by atoms with Crippen LogP contribution < -0.4 is 5.48 Å². The van der Waals surface area contributed by atoms with Crippen LogP contribution in [-0.4, -0.2) is 15.4 Å². The van der Waals surface area contributed by atoms with Crippen molar-refractivity contribution in [3.63, 3.8) is 0 Å². The minimum Gasteiger partial charge on any atom is -0.505 e. The molecule has 0 fully saturated rings. The zero-order chi connectivity index (χ0) is 15.5. The Labute approximate surface area is 124 Å². The van der Waals surface area contributed by atoms with E-state index in [-0.39, 0.29) is 6.61 Å². The molecule has 0 aliphatic carbocycles. The van der Waals surface area contributed by atoms with Crippen molar-refractivity contribution < 1.29 is 19.0 Å². The fraction of sp³-hybridized carbons (Fsp3) is 0.0667. The highest BCUT2D eigenvalue weighted by molar-refractivity contribution is 5.73. The molecule has 0 aliphatic rings. The largest absolute Gasteiger partial charge is 0.505 e. The monoisotopic (exact) mass is 301 g/mol. The van der Waals surface area contributed by atoms with E-state index in [1.165, 1.54) is 12.1 Å². The Hall–Kier alpha value is -2.93. The van der Waals surface area contributed by atoms with Gasteiger partial charge in [0.1, 0.15) is 11.0 Å². The third kappa shape index (κ3) is 2.89. The van der Waals surface area contributed by atoms with Gasteiger partial charge in [-0.3, -0.25) is 10.3 Å². The highest BCUT2D eigenvalue weighted by Gasteiger charge is 2.05. The van der Waals surface area contributed by atoms with E-state index >= 15 is 0 Å². The molecular weight excluding hydrogens is 289 g/mol. The number of phenols is 1. The molecule has 0 radical (unpaired) electrons. The Morgan fingerprint density at radius 3 is 2.86 bits per heavy atom. The smallest absolute Gasteiger partial charge is 0.164 e. The van der Waals surface area contributed by atoms with E-state index in [1.807, 2.05) is 6.07 Å². The van der Waals surface area contributed by atoms with Crippen LogP contribution in [-0.2, 0) is 11.4 Å². The number of rotatable bonds is 5. The number of aromatic hydroxyl groups is 1. The second-order valence-corrected chi connectivity index (χ2v) is 4.62. The van der Waals surface area contributed by atoms with E-state index in [1.54, 1.807) is 12.1 Å². The first-order valence-electron chi connectivity index (χ1n) is 6.40. The van der Waals surface area contributed by atoms with E-state index in [9.17, 15) is 9.50 Å². The normalized spacial score (nSPS) is 10.8. The maximum absolute atomic E-state index is 13.0. The summed E-state index contributed by atoms with van der Waals surface area (Å²) in [5.74, 6) is -1.13. The third-order valence-electron chi connectivity index (χ3n) is 3.05. The number of hydrogen-bond acceptors (Lipinski definition) is 6. The van der Waals surface area contributed by atoms with Gasteiger partial charge >= 0.3 is 0 Å². The van der Waals surface area contributed by atoms with Crippen molar-refractivity contribution in [1.82, 2.24) is 15.8 Å². The van der Waals surface area contributed by atoms with Crippen LogP contribution in [0.4, 0.5) is 4.39 Å². The van der Waals surface area contributed by atoms with Gasteiger partial charge in [-0.2, -0.15) is 0 Å². The number of hydrogen-bond donors (Lipinski definition) is 2. The zero-order valence-corrected chi connectivity index (χ0v) is 11.4. The summed E-state index contributed by atoms with van der Waals surface area (Å²) in [5, 5.41) is 16.8. The van der Waals surface area contributed by atoms with Gasteiger partial charge in [0, 0.05) is 5.56 Å². The average molecular weight is 301 g/mol.